The molecule has 9 heteroatoms. The van der Waals surface area contributed by atoms with E-state index in [2.05, 4.69) is 4.72 Å². The standard InChI is InChI=1S/C13H17F3N2O3S/c1-10(11-2-4-12(5-3-11)13(14,15)16)17-22(19,20)18-6-8-21-9-7-18/h2-5,10,17H,6-9H2,1H3/t10-/m0/s1. The van der Waals surface area contributed by atoms with Crippen LogP contribution < -0.4 is 4.72 Å². The van der Waals surface area contributed by atoms with Gasteiger partial charge in [0.05, 0.1) is 18.8 Å². The summed E-state index contributed by atoms with van der Waals surface area (Å²) in [5.41, 5.74) is -0.302. The van der Waals surface area contributed by atoms with Crippen LogP contribution in [0.1, 0.15) is 24.1 Å². The maximum Gasteiger partial charge on any atom is 0.416 e. The lowest BCUT2D eigenvalue weighted by Gasteiger charge is -2.27. The van der Waals surface area contributed by atoms with Crippen LogP contribution >= 0.6 is 0 Å². The number of morpholine rings is 1. The molecule has 1 N–H and O–H groups in total. The third-order valence-corrected chi connectivity index (χ3v) is 5.07. The normalized spacial score (nSPS) is 19.1. The summed E-state index contributed by atoms with van der Waals surface area (Å²) >= 11 is 0. The Hall–Kier alpha value is -1.16. The average Bonchev–Trinajstić information content (AvgIpc) is 2.47. The van der Waals surface area contributed by atoms with E-state index < -0.39 is 28.0 Å². The summed E-state index contributed by atoms with van der Waals surface area (Å²) in [6, 6.07) is 3.80. The molecule has 1 aliphatic rings. The monoisotopic (exact) mass is 338 g/mol. The van der Waals surface area contributed by atoms with Gasteiger partial charge in [-0.1, -0.05) is 12.1 Å². The van der Waals surface area contributed by atoms with E-state index in [-0.39, 0.29) is 13.1 Å². The third-order valence-electron chi connectivity index (χ3n) is 3.37. The summed E-state index contributed by atoms with van der Waals surface area (Å²) in [5, 5.41) is 0. The topological polar surface area (TPSA) is 58.6 Å². The van der Waals surface area contributed by atoms with Gasteiger partial charge in [0, 0.05) is 19.1 Å². The van der Waals surface area contributed by atoms with Gasteiger partial charge in [0.15, 0.2) is 0 Å². The Kier molecular flexibility index (Phi) is 5.10. The molecule has 22 heavy (non-hydrogen) atoms. The highest BCUT2D eigenvalue weighted by atomic mass is 32.2. The van der Waals surface area contributed by atoms with E-state index in [9.17, 15) is 21.6 Å². The molecule has 1 atom stereocenters. The summed E-state index contributed by atoms with van der Waals surface area (Å²) in [6.45, 7) is 2.76. The van der Waals surface area contributed by atoms with Gasteiger partial charge in [-0.25, -0.2) is 0 Å². The van der Waals surface area contributed by atoms with Crippen molar-refractivity contribution in [2.75, 3.05) is 26.3 Å². The molecule has 2 rings (SSSR count). The number of hydrogen-bond acceptors (Lipinski definition) is 3. The van der Waals surface area contributed by atoms with Gasteiger partial charge in [-0.05, 0) is 24.6 Å². The summed E-state index contributed by atoms with van der Waals surface area (Å²) in [5.74, 6) is 0. The first kappa shape index (κ1) is 17.2. The molecule has 1 heterocycles. The molecule has 0 bridgehead atoms. The van der Waals surface area contributed by atoms with E-state index in [1.165, 1.54) is 16.4 Å². The fourth-order valence-corrected chi connectivity index (χ4v) is 3.48. The quantitative estimate of drug-likeness (QED) is 0.913. The van der Waals surface area contributed by atoms with Gasteiger partial charge in [0.2, 0.25) is 0 Å². The zero-order valence-corrected chi connectivity index (χ0v) is 12.7. The summed E-state index contributed by atoms with van der Waals surface area (Å²) in [7, 11) is -3.69. The van der Waals surface area contributed by atoms with Crippen LogP contribution in [-0.4, -0.2) is 39.0 Å². The van der Waals surface area contributed by atoms with Gasteiger partial charge in [-0.2, -0.15) is 30.6 Å². The van der Waals surface area contributed by atoms with Crippen molar-refractivity contribution in [3.8, 4) is 0 Å². The first-order chi connectivity index (χ1) is 10.2. The predicted octanol–water partition coefficient (Wildman–Crippen LogP) is 1.93. The Morgan fingerprint density at radius 1 is 1.18 bits per heavy atom. The lowest BCUT2D eigenvalue weighted by molar-refractivity contribution is -0.137. The van der Waals surface area contributed by atoms with Crippen LogP contribution in [0.4, 0.5) is 13.2 Å². The first-order valence-electron chi connectivity index (χ1n) is 6.72. The molecule has 1 aromatic rings. The molecular formula is C13H17F3N2O3S. The number of halogens is 3. The van der Waals surface area contributed by atoms with Gasteiger partial charge < -0.3 is 4.74 Å². The maximum absolute atomic E-state index is 12.5. The second-order valence-corrected chi connectivity index (χ2v) is 6.68. The van der Waals surface area contributed by atoms with Gasteiger partial charge in [-0.3, -0.25) is 0 Å². The molecule has 1 aromatic carbocycles. The molecule has 0 radical (unpaired) electrons. The molecule has 0 spiro atoms. The van der Waals surface area contributed by atoms with Crippen molar-refractivity contribution in [2.45, 2.75) is 19.1 Å². The van der Waals surface area contributed by atoms with Crippen LogP contribution in [-0.2, 0) is 21.1 Å². The second-order valence-electron chi connectivity index (χ2n) is 4.98. The lowest BCUT2D eigenvalue weighted by Crippen LogP contribution is -2.47. The number of hydrogen-bond donors (Lipinski definition) is 1. The fourth-order valence-electron chi connectivity index (χ4n) is 2.11. The number of rotatable bonds is 4. The van der Waals surface area contributed by atoms with Crippen molar-refractivity contribution in [2.24, 2.45) is 0 Å². The van der Waals surface area contributed by atoms with Crippen molar-refractivity contribution in [3.05, 3.63) is 35.4 Å². The van der Waals surface area contributed by atoms with E-state index in [0.29, 0.717) is 18.8 Å². The minimum Gasteiger partial charge on any atom is -0.379 e. The first-order valence-corrected chi connectivity index (χ1v) is 8.16. The molecule has 0 saturated carbocycles. The second kappa shape index (κ2) is 6.53. The Labute approximate surface area is 127 Å². The smallest absolute Gasteiger partial charge is 0.379 e. The molecule has 1 fully saturated rings. The van der Waals surface area contributed by atoms with Crippen LogP contribution in [0.3, 0.4) is 0 Å². The number of nitrogens with zero attached hydrogens (tertiary/aromatic N) is 1. The van der Waals surface area contributed by atoms with Crippen LogP contribution in [0.25, 0.3) is 0 Å². The highest BCUT2D eigenvalue weighted by molar-refractivity contribution is 7.87. The SMILES string of the molecule is C[C@H](NS(=O)(=O)N1CCOCC1)c1ccc(C(F)(F)F)cc1. The van der Waals surface area contributed by atoms with Gasteiger partial charge in [0.25, 0.3) is 10.2 Å². The van der Waals surface area contributed by atoms with E-state index in [4.69, 9.17) is 4.74 Å². The van der Waals surface area contributed by atoms with E-state index >= 15 is 0 Å². The van der Waals surface area contributed by atoms with Crippen molar-refractivity contribution >= 4 is 10.2 Å². The summed E-state index contributed by atoms with van der Waals surface area (Å²) in [6.07, 6.45) is -4.41. The zero-order valence-electron chi connectivity index (χ0n) is 11.9. The van der Waals surface area contributed by atoms with E-state index in [0.717, 1.165) is 12.1 Å². The number of benzene rings is 1. The summed E-state index contributed by atoms with van der Waals surface area (Å²) < 4.78 is 70.7. The zero-order chi connectivity index (χ0) is 16.4. The fraction of sp³-hybridized carbons (Fsp3) is 0.538. The molecule has 0 unspecified atom stereocenters. The minimum atomic E-state index is -4.41. The highest BCUT2D eigenvalue weighted by Crippen LogP contribution is 2.30. The molecule has 124 valence electrons. The van der Waals surface area contributed by atoms with E-state index in [1.807, 2.05) is 0 Å². The molecule has 5 nitrogen and oxygen atoms in total. The Balaban J connectivity index is 2.06. The van der Waals surface area contributed by atoms with Crippen LogP contribution in [0.5, 0.6) is 0 Å². The van der Waals surface area contributed by atoms with Crippen LogP contribution in [0.15, 0.2) is 24.3 Å². The Morgan fingerprint density at radius 3 is 2.23 bits per heavy atom. The van der Waals surface area contributed by atoms with E-state index in [1.54, 1.807) is 6.92 Å². The van der Waals surface area contributed by atoms with Crippen LogP contribution in [0, 0.1) is 0 Å². The molecular weight excluding hydrogens is 321 g/mol. The lowest BCUT2D eigenvalue weighted by atomic mass is 10.1. The van der Waals surface area contributed by atoms with Crippen LogP contribution in [0.2, 0.25) is 0 Å². The molecule has 0 amide bonds. The molecule has 0 aromatic heterocycles. The molecule has 0 aliphatic carbocycles. The van der Waals surface area contributed by atoms with Crippen molar-refractivity contribution in [1.82, 2.24) is 9.03 Å². The van der Waals surface area contributed by atoms with Gasteiger partial charge >= 0.3 is 6.18 Å². The number of nitrogens with one attached hydrogen (secondary N) is 1. The summed E-state index contributed by atoms with van der Waals surface area (Å²) in [4.78, 5) is 0. The number of ether oxygens (including phenoxy) is 1. The molecule has 1 saturated heterocycles. The Morgan fingerprint density at radius 2 is 1.73 bits per heavy atom. The maximum atomic E-state index is 12.5. The van der Waals surface area contributed by atoms with Crippen molar-refractivity contribution < 1.29 is 26.3 Å². The Bertz CT molecular complexity index is 596. The van der Waals surface area contributed by atoms with Crippen molar-refractivity contribution in [1.29, 1.82) is 0 Å². The van der Waals surface area contributed by atoms with Crippen molar-refractivity contribution in [3.63, 3.8) is 0 Å². The van der Waals surface area contributed by atoms with Gasteiger partial charge in [-0.15, -0.1) is 0 Å². The average molecular weight is 338 g/mol. The number of alkyl halides is 3. The predicted molar refractivity (Wildman–Crippen MR) is 74.3 cm³/mol. The van der Waals surface area contributed by atoms with Gasteiger partial charge in [0.1, 0.15) is 0 Å². The molecule has 1 aliphatic heterocycles. The minimum absolute atomic E-state index is 0.259. The highest BCUT2D eigenvalue weighted by Gasteiger charge is 2.30. The third kappa shape index (κ3) is 4.19. The largest absolute Gasteiger partial charge is 0.416 e.